The molecule has 1 atom stereocenters. The molecule has 0 aliphatic carbocycles. The number of aromatic nitrogens is 4. The third-order valence-corrected chi connectivity index (χ3v) is 4.67. The highest BCUT2D eigenvalue weighted by molar-refractivity contribution is 5.54. The molecule has 0 saturated heterocycles. The molecule has 3 heterocycles. The van der Waals surface area contributed by atoms with Crippen molar-refractivity contribution in [3.63, 3.8) is 0 Å². The third-order valence-electron chi connectivity index (χ3n) is 4.67. The number of nitrogens with one attached hydrogen (secondary N) is 1. The molecule has 0 spiro atoms. The molecule has 7 heteroatoms. The summed E-state index contributed by atoms with van der Waals surface area (Å²) in [4.78, 5) is 13.2. The van der Waals surface area contributed by atoms with Crippen LogP contribution in [-0.4, -0.2) is 39.8 Å². The van der Waals surface area contributed by atoms with Gasteiger partial charge in [-0.2, -0.15) is 0 Å². The smallest absolute Gasteiger partial charge is 0.222 e. The molecule has 1 aliphatic rings. The Labute approximate surface area is 158 Å². The van der Waals surface area contributed by atoms with E-state index in [0.29, 0.717) is 18.5 Å². The molecular weight excluding hydrogens is 342 g/mol. The molecule has 27 heavy (non-hydrogen) atoms. The summed E-state index contributed by atoms with van der Waals surface area (Å²) in [7, 11) is 1.67. The van der Waals surface area contributed by atoms with Gasteiger partial charge in [-0.15, -0.1) is 0 Å². The SMILES string of the molecule is CCNc1ncc(-c2nccn2CC2COc3c(cccc3OC)C2)cn1. The largest absolute Gasteiger partial charge is 0.493 e. The summed E-state index contributed by atoms with van der Waals surface area (Å²) in [5.74, 6) is 3.53. The Balaban J connectivity index is 1.50. The van der Waals surface area contributed by atoms with Crippen LogP contribution >= 0.6 is 0 Å². The summed E-state index contributed by atoms with van der Waals surface area (Å²) < 4.78 is 13.5. The zero-order chi connectivity index (χ0) is 18.6. The molecule has 1 unspecified atom stereocenters. The van der Waals surface area contributed by atoms with Crippen molar-refractivity contribution in [1.82, 2.24) is 19.5 Å². The van der Waals surface area contributed by atoms with Crippen molar-refractivity contribution in [2.75, 3.05) is 25.6 Å². The molecule has 0 saturated carbocycles. The zero-order valence-electron chi connectivity index (χ0n) is 15.6. The molecule has 3 aromatic rings. The van der Waals surface area contributed by atoms with Crippen molar-refractivity contribution < 1.29 is 9.47 Å². The van der Waals surface area contributed by atoms with Gasteiger partial charge in [0.1, 0.15) is 5.82 Å². The number of anilines is 1. The number of hydrogen-bond donors (Lipinski definition) is 1. The van der Waals surface area contributed by atoms with Crippen molar-refractivity contribution in [2.45, 2.75) is 19.9 Å². The molecule has 0 fully saturated rings. The molecule has 140 valence electrons. The van der Waals surface area contributed by atoms with Gasteiger partial charge < -0.3 is 19.4 Å². The predicted molar refractivity (Wildman–Crippen MR) is 103 cm³/mol. The summed E-state index contributed by atoms with van der Waals surface area (Å²) in [5.41, 5.74) is 2.09. The minimum Gasteiger partial charge on any atom is -0.493 e. The first-order valence-electron chi connectivity index (χ1n) is 9.14. The summed E-state index contributed by atoms with van der Waals surface area (Å²) in [6.45, 7) is 4.29. The fourth-order valence-corrected chi connectivity index (χ4v) is 3.42. The van der Waals surface area contributed by atoms with E-state index < -0.39 is 0 Å². The Kier molecular flexibility index (Phi) is 4.91. The van der Waals surface area contributed by atoms with Crippen LogP contribution < -0.4 is 14.8 Å². The first-order chi connectivity index (χ1) is 13.3. The molecule has 4 rings (SSSR count). The number of hydrogen-bond acceptors (Lipinski definition) is 6. The molecular formula is C20H23N5O2. The van der Waals surface area contributed by atoms with E-state index in [1.54, 1.807) is 19.5 Å². The van der Waals surface area contributed by atoms with Crippen LogP contribution in [-0.2, 0) is 13.0 Å². The highest BCUT2D eigenvalue weighted by Crippen LogP contribution is 2.36. The van der Waals surface area contributed by atoms with Crippen molar-refractivity contribution in [3.05, 3.63) is 48.5 Å². The Morgan fingerprint density at radius 3 is 2.89 bits per heavy atom. The van der Waals surface area contributed by atoms with Gasteiger partial charge in [-0.1, -0.05) is 12.1 Å². The summed E-state index contributed by atoms with van der Waals surface area (Å²) in [6.07, 6.45) is 8.37. The first kappa shape index (κ1) is 17.3. The Morgan fingerprint density at radius 2 is 2.11 bits per heavy atom. The maximum atomic E-state index is 6.00. The molecule has 2 aromatic heterocycles. The first-order valence-corrected chi connectivity index (χ1v) is 9.14. The van der Waals surface area contributed by atoms with E-state index in [4.69, 9.17) is 9.47 Å². The Bertz CT molecular complexity index is 907. The number of benzene rings is 1. The van der Waals surface area contributed by atoms with Crippen molar-refractivity contribution in [1.29, 1.82) is 0 Å². The van der Waals surface area contributed by atoms with Gasteiger partial charge >= 0.3 is 0 Å². The summed E-state index contributed by atoms with van der Waals surface area (Å²) >= 11 is 0. The van der Waals surface area contributed by atoms with Gasteiger partial charge in [0.2, 0.25) is 5.95 Å². The van der Waals surface area contributed by atoms with Gasteiger partial charge in [-0.05, 0) is 25.0 Å². The monoisotopic (exact) mass is 365 g/mol. The van der Waals surface area contributed by atoms with E-state index in [0.717, 1.165) is 42.4 Å². The van der Waals surface area contributed by atoms with Crippen LogP contribution in [0.1, 0.15) is 12.5 Å². The molecule has 1 N–H and O–H groups in total. The second kappa shape index (κ2) is 7.65. The lowest BCUT2D eigenvalue weighted by Gasteiger charge is -2.27. The number of rotatable bonds is 6. The predicted octanol–water partition coefficient (Wildman–Crippen LogP) is 3.03. The quantitative estimate of drug-likeness (QED) is 0.724. The van der Waals surface area contributed by atoms with Gasteiger partial charge in [-0.3, -0.25) is 0 Å². The van der Waals surface area contributed by atoms with E-state index in [2.05, 4.69) is 30.9 Å². The average Bonchev–Trinajstić information content (AvgIpc) is 3.16. The number of fused-ring (bicyclic) bond motifs is 1. The van der Waals surface area contributed by atoms with Crippen molar-refractivity contribution in [3.8, 4) is 22.9 Å². The Hall–Kier alpha value is -3.09. The van der Waals surface area contributed by atoms with E-state index >= 15 is 0 Å². The van der Waals surface area contributed by atoms with Crippen LogP contribution in [0.5, 0.6) is 11.5 Å². The lowest BCUT2D eigenvalue weighted by atomic mass is 9.96. The van der Waals surface area contributed by atoms with E-state index in [1.165, 1.54) is 5.56 Å². The summed E-state index contributed by atoms with van der Waals surface area (Å²) in [6, 6.07) is 6.05. The Morgan fingerprint density at radius 1 is 1.26 bits per heavy atom. The normalized spacial score (nSPS) is 15.7. The van der Waals surface area contributed by atoms with Crippen LogP contribution in [0.4, 0.5) is 5.95 Å². The van der Waals surface area contributed by atoms with Crippen LogP contribution in [0.3, 0.4) is 0 Å². The molecule has 0 radical (unpaired) electrons. The topological polar surface area (TPSA) is 74.1 Å². The molecule has 7 nitrogen and oxygen atoms in total. The van der Waals surface area contributed by atoms with Gasteiger partial charge in [0.05, 0.1) is 19.3 Å². The fraction of sp³-hybridized carbons (Fsp3) is 0.350. The van der Waals surface area contributed by atoms with Gasteiger partial charge in [-0.25, -0.2) is 15.0 Å². The highest BCUT2D eigenvalue weighted by Gasteiger charge is 2.23. The zero-order valence-corrected chi connectivity index (χ0v) is 15.6. The molecule has 1 aromatic carbocycles. The van der Waals surface area contributed by atoms with Crippen molar-refractivity contribution >= 4 is 5.95 Å². The van der Waals surface area contributed by atoms with E-state index in [9.17, 15) is 0 Å². The number of imidazole rings is 1. The maximum Gasteiger partial charge on any atom is 0.222 e. The third kappa shape index (κ3) is 3.58. The average molecular weight is 365 g/mol. The lowest BCUT2D eigenvalue weighted by Crippen LogP contribution is -2.25. The minimum atomic E-state index is 0.361. The highest BCUT2D eigenvalue weighted by atomic mass is 16.5. The number of para-hydroxylation sites is 1. The summed E-state index contributed by atoms with van der Waals surface area (Å²) in [5, 5.41) is 3.10. The van der Waals surface area contributed by atoms with E-state index in [-0.39, 0.29) is 0 Å². The maximum absolute atomic E-state index is 6.00. The van der Waals surface area contributed by atoms with Gasteiger partial charge in [0, 0.05) is 43.8 Å². The fourth-order valence-electron chi connectivity index (χ4n) is 3.42. The minimum absolute atomic E-state index is 0.361. The number of nitrogens with zero attached hydrogens (tertiary/aromatic N) is 4. The second-order valence-electron chi connectivity index (χ2n) is 6.56. The number of ether oxygens (including phenoxy) is 2. The van der Waals surface area contributed by atoms with Crippen molar-refractivity contribution in [2.24, 2.45) is 5.92 Å². The van der Waals surface area contributed by atoms with Gasteiger partial charge in [0.15, 0.2) is 11.5 Å². The van der Waals surface area contributed by atoms with Crippen LogP contribution in [0.2, 0.25) is 0 Å². The molecule has 0 amide bonds. The standard InChI is InChI=1S/C20H23N5O2/c1-3-21-20-23-10-16(11-24-20)19-22-7-8-25(19)12-14-9-15-5-4-6-17(26-2)18(15)27-13-14/h4-8,10-11,14H,3,9,12-13H2,1-2H3,(H,21,23,24). The lowest BCUT2D eigenvalue weighted by molar-refractivity contribution is 0.198. The van der Waals surface area contributed by atoms with Crippen LogP contribution in [0.25, 0.3) is 11.4 Å². The van der Waals surface area contributed by atoms with Gasteiger partial charge in [0.25, 0.3) is 0 Å². The van der Waals surface area contributed by atoms with Crippen LogP contribution in [0, 0.1) is 5.92 Å². The molecule has 0 bridgehead atoms. The molecule has 1 aliphatic heterocycles. The van der Waals surface area contributed by atoms with E-state index in [1.807, 2.05) is 31.5 Å². The number of methoxy groups -OCH3 is 1. The second-order valence-corrected chi connectivity index (χ2v) is 6.56. The van der Waals surface area contributed by atoms with Crippen LogP contribution in [0.15, 0.2) is 43.0 Å².